The molecule has 2 aromatic carbocycles. The molecule has 0 unspecified atom stereocenters. The van der Waals surface area contributed by atoms with E-state index in [0.717, 1.165) is 10.9 Å². The molecule has 0 saturated heterocycles. The summed E-state index contributed by atoms with van der Waals surface area (Å²) in [7, 11) is 0. The van der Waals surface area contributed by atoms with E-state index in [-0.39, 0.29) is 37.1 Å². The summed E-state index contributed by atoms with van der Waals surface area (Å²) in [6.07, 6.45) is 2.02. The van der Waals surface area contributed by atoms with Gasteiger partial charge >= 0.3 is 5.97 Å². The van der Waals surface area contributed by atoms with E-state index in [1.54, 1.807) is 24.4 Å². The Kier molecular flexibility index (Phi) is 6.83. The topological polar surface area (TPSA) is 116 Å². The number of hydrogen-bond donors (Lipinski definition) is 2. The lowest BCUT2D eigenvalue weighted by Crippen LogP contribution is -2.27. The molecule has 0 saturated carbocycles. The molecule has 186 valence electrons. The molecule has 4 aromatic rings. The van der Waals surface area contributed by atoms with Crippen molar-refractivity contribution in [1.29, 1.82) is 0 Å². The maximum absolute atomic E-state index is 13.5. The summed E-state index contributed by atoms with van der Waals surface area (Å²) in [6.45, 7) is 0. The number of hydrogen-bond acceptors (Lipinski definition) is 5. The maximum atomic E-state index is 13.5. The Labute approximate surface area is 217 Å². The van der Waals surface area contributed by atoms with Crippen LogP contribution in [0.4, 0.5) is 0 Å². The van der Waals surface area contributed by atoms with Crippen molar-refractivity contribution in [3.8, 4) is 11.1 Å². The number of fused-ring (bicyclic) bond motifs is 1. The van der Waals surface area contributed by atoms with Crippen molar-refractivity contribution in [2.45, 2.75) is 31.7 Å². The SMILES string of the molecule is O=C(O)CCCC(=O)N1N=C(c2c(-c3ccc(Cl)cc3)c3ccccc3[nH]c2=O)C[C@H]1c1ccccn1. The highest BCUT2D eigenvalue weighted by atomic mass is 35.5. The average Bonchev–Trinajstić information content (AvgIpc) is 3.34. The Balaban J connectivity index is 1.65. The molecule has 1 aliphatic heterocycles. The lowest BCUT2D eigenvalue weighted by Gasteiger charge is -2.21. The maximum Gasteiger partial charge on any atom is 0.303 e. The molecule has 0 spiro atoms. The minimum Gasteiger partial charge on any atom is -0.481 e. The Morgan fingerprint density at radius 1 is 1.00 bits per heavy atom. The molecule has 8 nitrogen and oxygen atoms in total. The number of H-pyrrole nitrogens is 1. The monoisotopic (exact) mass is 514 g/mol. The summed E-state index contributed by atoms with van der Waals surface area (Å²) in [5.74, 6) is -1.29. The molecule has 3 heterocycles. The molecule has 2 N–H and O–H groups in total. The Bertz CT molecular complexity index is 1570. The van der Waals surface area contributed by atoms with E-state index in [9.17, 15) is 14.4 Å². The number of rotatable bonds is 7. The van der Waals surface area contributed by atoms with Gasteiger partial charge in [-0.25, -0.2) is 5.01 Å². The third-order valence-corrected chi connectivity index (χ3v) is 6.57. The molecule has 2 aromatic heterocycles. The third-order valence-electron chi connectivity index (χ3n) is 6.32. The first-order valence-electron chi connectivity index (χ1n) is 11.9. The van der Waals surface area contributed by atoms with Gasteiger partial charge in [0.1, 0.15) is 6.04 Å². The van der Waals surface area contributed by atoms with Crippen LogP contribution in [-0.2, 0) is 9.59 Å². The minimum absolute atomic E-state index is 0.0184. The number of carboxylic acids is 1. The number of aromatic nitrogens is 2. The molecule has 37 heavy (non-hydrogen) atoms. The molecular formula is C28H23ClN4O4. The lowest BCUT2D eigenvalue weighted by molar-refractivity contribution is -0.137. The smallest absolute Gasteiger partial charge is 0.303 e. The van der Waals surface area contributed by atoms with Crippen LogP contribution in [0.15, 0.2) is 82.8 Å². The number of amides is 1. The summed E-state index contributed by atoms with van der Waals surface area (Å²) in [4.78, 5) is 45.0. The van der Waals surface area contributed by atoms with Gasteiger partial charge in [-0.2, -0.15) is 5.10 Å². The van der Waals surface area contributed by atoms with Crippen LogP contribution in [0.5, 0.6) is 0 Å². The number of halogens is 1. The van der Waals surface area contributed by atoms with Gasteiger partial charge in [0.2, 0.25) is 5.91 Å². The number of nitrogens with one attached hydrogen (secondary N) is 1. The van der Waals surface area contributed by atoms with Gasteiger partial charge in [0.05, 0.1) is 17.0 Å². The van der Waals surface area contributed by atoms with Crippen LogP contribution in [0.2, 0.25) is 5.02 Å². The predicted molar refractivity (Wildman–Crippen MR) is 141 cm³/mol. The second-order valence-corrected chi connectivity index (χ2v) is 9.20. The van der Waals surface area contributed by atoms with Crippen molar-refractivity contribution >= 4 is 40.1 Å². The molecule has 1 amide bonds. The molecule has 5 rings (SSSR count). The number of nitrogens with zero attached hydrogens (tertiary/aromatic N) is 3. The largest absolute Gasteiger partial charge is 0.481 e. The number of para-hydroxylation sites is 1. The molecule has 0 fully saturated rings. The van der Waals surface area contributed by atoms with Crippen molar-refractivity contribution in [3.63, 3.8) is 0 Å². The zero-order valence-electron chi connectivity index (χ0n) is 19.7. The number of carbonyl (C=O) groups is 2. The molecule has 0 bridgehead atoms. The normalized spacial score (nSPS) is 15.1. The van der Waals surface area contributed by atoms with Gasteiger partial charge in [0.25, 0.3) is 5.56 Å². The predicted octanol–water partition coefficient (Wildman–Crippen LogP) is 5.18. The van der Waals surface area contributed by atoms with E-state index in [2.05, 4.69) is 15.1 Å². The van der Waals surface area contributed by atoms with Gasteiger partial charge < -0.3 is 10.1 Å². The second-order valence-electron chi connectivity index (χ2n) is 8.76. The van der Waals surface area contributed by atoms with Crippen LogP contribution >= 0.6 is 11.6 Å². The molecule has 1 atom stereocenters. The summed E-state index contributed by atoms with van der Waals surface area (Å²) in [5.41, 5.74) is 3.34. The van der Waals surface area contributed by atoms with Gasteiger partial charge in [0.15, 0.2) is 0 Å². The van der Waals surface area contributed by atoms with Gasteiger partial charge in [-0.3, -0.25) is 19.4 Å². The zero-order valence-corrected chi connectivity index (χ0v) is 20.5. The minimum atomic E-state index is -0.963. The van der Waals surface area contributed by atoms with Crippen LogP contribution in [0.1, 0.15) is 43.0 Å². The van der Waals surface area contributed by atoms with Crippen LogP contribution < -0.4 is 5.56 Å². The third kappa shape index (κ3) is 5.01. The first-order valence-corrected chi connectivity index (χ1v) is 12.2. The van der Waals surface area contributed by atoms with Gasteiger partial charge in [-0.1, -0.05) is 48.0 Å². The van der Waals surface area contributed by atoms with Crippen molar-refractivity contribution in [3.05, 3.63) is 99.6 Å². The quantitative estimate of drug-likeness (QED) is 0.352. The average molecular weight is 515 g/mol. The number of carboxylic acid groups (broad SMARTS) is 1. The number of pyridine rings is 2. The van der Waals surface area contributed by atoms with Gasteiger partial charge in [0, 0.05) is 46.9 Å². The van der Waals surface area contributed by atoms with Gasteiger partial charge in [-0.15, -0.1) is 0 Å². The van der Waals surface area contributed by atoms with Crippen molar-refractivity contribution in [1.82, 2.24) is 15.0 Å². The second kappa shape index (κ2) is 10.4. The Morgan fingerprint density at radius 2 is 1.76 bits per heavy atom. The molecule has 0 radical (unpaired) electrons. The van der Waals surface area contributed by atoms with Crippen LogP contribution in [0.25, 0.3) is 22.0 Å². The van der Waals surface area contributed by atoms with Crippen molar-refractivity contribution < 1.29 is 14.7 Å². The number of aromatic amines is 1. The highest BCUT2D eigenvalue weighted by Crippen LogP contribution is 2.37. The number of hydrazone groups is 1. The van der Waals surface area contributed by atoms with Crippen LogP contribution in [-0.4, -0.2) is 37.7 Å². The van der Waals surface area contributed by atoms with E-state index in [4.69, 9.17) is 16.7 Å². The zero-order chi connectivity index (χ0) is 25.9. The van der Waals surface area contributed by atoms with E-state index in [1.807, 2.05) is 48.5 Å². The number of aliphatic carboxylic acids is 1. The lowest BCUT2D eigenvalue weighted by atomic mass is 9.91. The number of carbonyl (C=O) groups excluding carboxylic acids is 1. The Hall–Kier alpha value is -4.30. The van der Waals surface area contributed by atoms with E-state index in [0.29, 0.717) is 33.1 Å². The van der Waals surface area contributed by atoms with Crippen LogP contribution in [0, 0.1) is 0 Å². The number of benzene rings is 2. The first kappa shape index (κ1) is 24.4. The molecule has 9 heteroatoms. The fraction of sp³-hybridized carbons (Fsp3) is 0.179. The molecule has 1 aliphatic rings. The highest BCUT2D eigenvalue weighted by molar-refractivity contribution is 6.30. The summed E-state index contributed by atoms with van der Waals surface area (Å²) in [6, 6.07) is 19.7. The molecular weight excluding hydrogens is 492 g/mol. The van der Waals surface area contributed by atoms with Crippen molar-refractivity contribution in [2.75, 3.05) is 0 Å². The summed E-state index contributed by atoms with van der Waals surface area (Å²) >= 11 is 6.14. The highest BCUT2D eigenvalue weighted by Gasteiger charge is 2.35. The fourth-order valence-electron chi connectivity index (χ4n) is 4.64. The fourth-order valence-corrected chi connectivity index (χ4v) is 4.76. The standard InChI is InChI=1S/C28H23ClN4O4/c29-18-13-11-17(12-14-18)26-19-6-1-2-7-20(19)31-28(37)27(26)22-16-23(21-8-3-4-15-30-21)33(32-22)24(34)9-5-10-25(35)36/h1-4,6-8,11-15,23H,5,9-10,16H2,(H,31,37)(H,35,36)/t23-/m0/s1. The molecule has 0 aliphatic carbocycles. The van der Waals surface area contributed by atoms with Crippen LogP contribution in [0.3, 0.4) is 0 Å². The first-order chi connectivity index (χ1) is 17.9. The summed E-state index contributed by atoms with van der Waals surface area (Å²) in [5, 5.41) is 16.4. The van der Waals surface area contributed by atoms with E-state index >= 15 is 0 Å². The van der Waals surface area contributed by atoms with Crippen molar-refractivity contribution in [2.24, 2.45) is 5.10 Å². The summed E-state index contributed by atoms with van der Waals surface area (Å²) < 4.78 is 0. The van der Waals surface area contributed by atoms with Gasteiger partial charge in [-0.05, 0) is 42.3 Å². The van der Waals surface area contributed by atoms with E-state index in [1.165, 1.54) is 5.01 Å². The Morgan fingerprint density at radius 3 is 2.49 bits per heavy atom. The van der Waals surface area contributed by atoms with E-state index < -0.39 is 12.0 Å².